The molecule has 0 saturated carbocycles. The van der Waals surface area contributed by atoms with Gasteiger partial charge in [-0.2, -0.15) is 5.10 Å². The maximum absolute atomic E-state index is 11.7. The Morgan fingerprint density at radius 3 is 2.82 bits per heavy atom. The smallest absolute Gasteiger partial charge is 0.340 e. The number of benzene rings is 1. The van der Waals surface area contributed by atoms with Gasteiger partial charge in [-0.1, -0.05) is 12.1 Å². The quantitative estimate of drug-likeness (QED) is 0.639. The summed E-state index contributed by atoms with van der Waals surface area (Å²) in [6, 6.07) is 8.60. The maximum Gasteiger partial charge on any atom is 0.340 e. The van der Waals surface area contributed by atoms with E-state index in [4.69, 9.17) is 10.5 Å². The van der Waals surface area contributed by atoms with E-state index in [9.17, 15) is 4.79 Å². The van der Waals surface area contributed by atoms with E-state index in [2.05, 4.69) is 5.10 Å². The first-order valence-corrected chi connectivity index (χ1v) is 5.17. The van der Waals surface area contributed by atoms with Crippen molar-refractivity contribution in [2.24, 2.45) is 7.05 Å². The summed E-state index contributed by atoms with van der Waals surface area (Å²) in [5, 5.41) is 4.11. The van der Waals surface area contributed by atoms with Crippen LogP contribution >= 0.6 is 0 Å². The lowest BCUT2D eigenvalue weighted by Crippen LogP contribution is -2.08. The average Bonchev–Trinajstić information content (AvgIpc) is 2.73. The molecule has 2 aromatic rings. The molecule has 0 amide bonds. The number of para-hydroxylation sites is 1. The highest BCUT2D eigenvalue weighted by molar-refractivity contribution is 5.94. The van der Waals surface area contributed by atoms with Crippen molar-refractivity contribution in [1.82, 2.24) is 9.78 Å². The highest BCUT2D eigenvalue weighted by atomic mass is 16.5. The summed E-state index contributed by atoms with van der Waals surface area (Å²) in [5.74, 6) is -0.436. The first-order chi connectivity index (χ1) is 8.16. The second-order valence-corrected chi connectivity index (χ2v) is 3.64. The van der Waals surface area contributed by atoms with Gasteiger partial charge in [0.25, 0.3) is 0 Å². The lowest BCUT2D eigenvalue weighted by atomic mass is 10.2. The molecule has 0 aliphatic rings. The SMILES string of the molecule is Cn1ccc(COC(=O)c2ccccc2N)n1. The Bertz CT molecular complexity index is 534. The number of nitrogens with two attached hydrogens (primary N) is 1. The van der Waals surface area contributed by atoms with Crippen LogP contribution < -0.4 is 5.73 Å². The van der Waals surface area contributed by atoms with Crippen molar-refractivity contribution in [2.75, 3.05) is 5.73 Å². The van der Waals surface area contributed by atoms with Gasteiger partial charge in [0.1, 0.15) is 6.61 Å². The van der Waals surface area contributed by atoms with Gasteiger partial charge in [0.2, 0.25) is 0 Å². The summed E-state index contributed by atoms with van der Waals surface area (Å²) in [6.07, 6.45) is 1.79. The number of nitrogens with zero attached hydrogens (tertiary/aromatic N) is 2. The van der Waals surface area contributed by atoms with Crippen LogP contribution in [-0.2, 0) is 18.4 Å². The molecule has 0 radical (unpaired) electrons. The summed E-state index contributed by atoms with van der Waals surface area (Å²) in [7, 11) is 1.81. The molecule has 0 fully saturated rings. The Morgan fingerprint density at radius 2 is 2.18 bits per heavy atom. The summed E-state index contributed by atoms with van der Waals surface area (Å²) < 4.78 is 6.77. The Morgan fingerprint density at radius 1 is 1.41 bits per heavy atom. The molecule has 17 heavy (non-hydrogen) atoms. The molecule has 0 aliphatic carbocycles. The molecule has 5 nitrogen and oxygen atoms in total. The third-order valence-corrected chi connectivity index (χ3v) is 2.30. The topological polar surface area (TPSA) is 70.1 Å². The molecule has 0 spiro atoms. The van der Waals surface area contributed by atoms with Gasteiger partial charge in [-0.25, -0.2) is 4.79 Å². The number of anilines is 1. The van der Waals surface area contributed by atoms with Gasteiger partial charge in [0, 0.05) is 18.9 Å². The van der Waals surface area contributed by atoms with E-state index in [1.807, 2.05) is 0 Å². The van der Waals surface area contributed by atoms with E-state index >= 15 is 0 Å². The number of esters is 1. The largest absolute Gasteiger partial charge is 0.455 e. The van der Waals surface area contributed by atoms with Crippen LogP contribution in [0.5, 0.6) is 0 Å². The molecule has 0 unspecified atom stereocenters. The summed E-state index contributed by atoms with van der Waals surface area (Å²) in [6.45, 7) is 0.147. The van der Waals surface area contributed by atoms with Crippen LogP contribution in [0, 0.1) is 0 Å². The monoisotopic (exact) mass is 231 g/mol. The van der Waals surface area contributed by atoms with Crippen LogP contribution in [0.2, 0.25) is 0 Å². The van der Waals surface area contributed by atoms with Gasteiger partial charge in [-0.05, 0) is 18.2 Å². The first kappa shape index (κ1) is 11.2. The van der Waals surface area contributed by atoms with Crippen LogP contribution in [-0.4, -0.2) is 15.7 Å². The van der Waals surface area contributed by atoms with Crippen molar-refractivity contribution in [2.45, 2.75) is 6.61 Å². The second kappa shape index (κ2) is 4.69. The number of aromatic nitrogens is 2. The zero-order valence-corrected chi connectivity index (χ0v) is 9.46. The third-order valence-electron chi connectivity index (χ3n) is 2.30. The Kier molecular flexibility index (Phi) is 3.09. The number of nitrogen functional groups attached to an aromatic ring is 1. The Balaban J connectivity index is 2.01. The van der Waals surface area contributed by atoms with Crippen LogP contribution in [0.15, 0.2) is 36.5 Å². The summed E-state index contributed by atoms with van der Waals surface area (Å²) in [4.78, 5) is 11.7. The van der Waals surface area contributed by atoms with Gasteiger partial charge in [-0.15, -0.1) is 0 Å². The zero-order valence-electron chi connectivity index (χ0n) is 9.46. The van der Waals surface area contributed by atoms with E-state index in [1.54, 1.807) is 48.3 Å². The molecule has 2 rings (SSSR count). The number of aryl methyl sites for hydroxylation is 1. The fourth-order valence-electron chi connectivity index (χ4n) is 1.44. The van der Waals surface area contributed by atoms with Gasteiger partial charge in [0.05, 0.1) is 11.3 Å². The van der Waals surface area contributed by atoms with E-state index in [-0.39, 0.29) is 6.61 Å². The van der Waals surface area contributed by atoms with E-state index < -0.39 is 5.97 Å². The van der Waals surface area contributed by atoms with Crippen molar-refractivity contribution in [3.8, 4) is 0 Å². The molecule has 88 valence electrons. The number of hydrogen-bond acceptors (Lipinski definition) is 4. The fraction of sp³-hybridized carbons (Fsp3) is 0.167. The molecule has 1 aromatic heterocycles. The summed E-state index contributed by atoms with van der Waals surface area (Å²) >= 11 is 0. The number of carbonyl (C=O) groups excluding carboxylic acids is 1. The molecule has 2 N–H and O–H groups in total. The van der Waals surface area contributed by atoms with Gasteiger partial charge < -0.3 is 10.5 Å². The van der Waals surface area contributed by atoms with Gasteiger partial charge in [-0.3, -0.25) is 4.68 Å². The Labute approximate surface area is 98.8 Å². The second-order valence-electron chi connectivity index (χ2n) is 3.64. The summed E-state index contributed by atoms with van der Waals surface area (Å²) in [5.41, 5.74) is 7.17. The molecule has 0 atom stereocenters. The van der Waals surface area contributed by atoms with E-state index in [1.165, 1.54) is 0 Å². The average molecular weight is 231 g/mol. The van der Waals surface area contributed by atoms with Crippen LogP contribution in [0.3, 0.4) is 0 Å². The highest BCUT2D eigenvalue weighted by Gasteiger charge is 2.10. The minimum atomic E-state index is -0.436. The van der Waals surface area contributed by atoms with Crippen molar-refractivity contribution in [3.63, 3.8) is 0 Å². The standard InChI is InChI=1S/C12H13N3O2/c1-15-7-6-9(14-15)8-17-12(16)10-4-2-3-5-11(10)13/h2-7H,8,13H2,1H3. The van der Waals surface area contributed by atoms with Crippen LogP contribution in [0.25, 0.3) is 0 Å². The number of hydrogen-bond donors (Lipinski definition) is 1. The lowest BCUT2D eigenvalue weighted by Gasteiger charge is -2.05. The van der Waals surface area contributed by atoms with Crippen LogP contribution in [0.4, 0.5) is 5.69 Å². The fourth-order valence-corrected chi connectivity index (χ4v) is 1.44. The molecule has 0 saturated heterocycles. The van der Waals surface area contributed by atoms with Crippen molar-refractivity contribution < 1.29 is 9.53 Å². The number of ether oxygens (including phenoxy) is 1. The highest BCUT2D eigenvalue weighted by Crippen LogP contribution is 2.12. The van der Waals surface area contributed by atoms with Gasteiger partial charge >= 0.3 is 5.97 Å². The molecule has 1 heterocycles. The minimum Gasteiger partial charge on any atom is -0.455 e. The van der Waals surface area contributed by atoms with Crippen molar-refractivity contribution in [3.05, 3.63) is 47.8 Å². The molecule has 0 aliphatic heterocycles. The molecule has 0 bridgehead atoms. The number of rotatable bonds is 3. The zero-order chi connectivity index (χ0) is 12.3. The first-order valence-electron chi connectivity index (χ1n) is 5.17. The van der Waals surface area contributed by atoms with Crippen LogP contribution in [0.1, 0.15) is 16.1 Å². The molecular weight excluding hydrogens is 218 g/mol. The third kappa shape index (κ3) is 2.63. The normalized spacial score (nSPS) is 10.2. The predicted octanol–water partition coefficient (Wildman–Crippen LogP) is 1.36. The minimum absolute atomic E-state index is 0.147. The van der Waals surface area contributed by atoms with Crippen molar-refractivity contribution >= 4 is 11.7 Å². The predicted molar refractivity (Wildman–Crippen MR) is 63.2 cm³/mol. The van der Waals surface area contributed by atoms with Gasteiger partial charge in [0.15, 0.2) is 0 Å². The van der Waals surface area contributed by atoms with E-state index in [0.29, 0.717) is 16.9 Å². The Hall–Kier alpha value is -2.30. The van der Waals surface area contributed by atoms with E-state index in [0.717, 1.165) is 0 Å². The van der Waals surface area contributed by atoms with Crippen molar-refractivity contribution in [1.29, 1.82) is 0 Å². The maximum atomic E-state index is 11.7. The molecular formula is C12H13N3O2. The number of carbonyl (C=O) groups is 1. The molecule has 5 heteroatoms. The molecule has 1 aromatic carbocycles. The lowest BCUT2D eigenvalue weighted by molar-refractivity contribution is 0.0468.